The van der Waals surface area contributed by atoms with E-state index in [1.165, 1.54) is 16.7 Å². The monoisotopic (exact) mass is 299 g/mol. The maximum absolute atomic E-state index is 11.5. The molecule has 0 atom stereocenters. The Morgan fingerprint density at radius 2 is 2.05 bits per heavy atom. The number of carbonyl (C=O) groups excluding carboxylic acids is 1. The fourth-order valence-corrected chi connectivity index (χ4v) is 2.48. The molecule has 0 aliphatic heterocycles. The molecule has 112 valence electrons. The lowest BCUT2D eigenvalue weighted by atomic mass is 10.1. The average Bonchev–Trinajstić information content (AvgIpc) is 2.87. The van der Waals surface area contributed by atoms with Gasteiger partial charge in [0.1, 0.15) is 0 Å². The standard InChI is InChI=1S/C13H21N3O3S/c14-7-4-2-1-3-5-11(17)15-8-6-12-16-10(9-20-12)13(18)19/h9H,1-8,14H2,(H,15,17)(H,18,19). The largest absolute Gasteiger partial charge is 0.476 e. The normalized spacial score (nSPS) is 10.4. The lowest BCUT2D eigenvalue weighted by molar-refractivity contribution is -0.121. The zero-order valence-electron chi connectivity index (χ0n) is 11.4. The molecule has 7 heteroatoms. The topological polar surface area (TPSA) is 105 Å². The van der Waals surface area contributed by atoms with Gasteiger partial charge in [0.2, 0.25) is 5.91 Å². The van der Waals surface area contributed by atoms with E-state index in [0.29, 0.717) is 25.9 Å². The third-order valence-corrected chi connectivity index (χ3v) is 3.70. The van der Waals surface area contributed by atoms with Gasteiger partial charge in [-0.2, -0.15) is 0 Å². The van der Waals surface area contributed by atoms with Crippen molar-refractivity contribution < 1.29 is 14.7 Å². The number of hydrogen-bond donors (Lipinski definition) is 3. The molecule has 0 saturated heterocycles. The van der Waals surface area contributed by atoms with Crippen LogP contribution >= 0.6 is 11.3 Å². The first-order chi connectivity index (χ1) is 9.63. The molecule has 6 nitrogen and oxygen atoms in total. The molecule has 0 fully saturated rings. The summed E-state index contributed by atoms with van der Waals surface area (Å²) < 4.78 is 0. The Balaban J connectivity index is 2.10. The molecule has 0 aromatic carbocycles. The summed E-state index contributed by atoms with van der Waals surface area (Å²) >= 11 is 1.30. The van der Waals surface area contributed by atoms with Crippen LogP contribution in [0.3, 0.4) is 0 Å². The van der Waals surface area contributed by atoms with Gasteiger partial charge in [-0.3, -0.25) is 4.79 Å². The first-order valence-electron chi connectivity index (χ1n) is 6.78. The molecular formula is C13H21N3O3S. The number of thiazole rings is 1. The Morgan fingerprint density at radius 3 is 2.70 bits per heavy atom. The van der Waals surface area contributed by atoms with Crippen molar-refractivity contribution in [3.05, 3.63) is 16.1 Å². The first-order valence-corrected chi connectivity index (χ1v) is 7.66. The summed E-state index contributed by atoms with van der Waals surface area (Å²) in [5, 5.41) is 13.8. The van der Waals surface area contributed by atoms with Crippen LogP contribution in [0.2, 0.25) is 0 Å². The molecule has 1 rings (SSSR count). The summed E-state index contributed by atoms with van der Waals surface area (Å²) in [4.78, 5) is 26.1. The molecule has 0 aliphatic rings. The Labute approximate surface area is 122 Å². The van der Waals surface area contributed by atoms with Crippen LogP contribution in [0, 0.1) is 0 Å². The van der Waals surface area contributed by atoms with Crippen LogP contribution in [0.4, 0.5) is 0 Å². The summed E-state index contributed by atoms with van der Waals surface area (Å²) in [6.07, 6.45) is 5.09. The number of carboxylic acid groups (broad SMARTS) is 1. The van der Waals surface area contributed by atoms with E-state index in [9.17, 15) is 9.59 Å². The van der Waals surface area contributed by atoms with E-state index in [1.54, 1.807) is 0 Å². The molecule has 4 N–H and O–H groups in total. The Kier molecular flexibility index (Phi) is 7.82. The minimum absolute atomic E-state index is 0.0350. The van der Waals surface area contributed by atoms with E-state index in [0.717, 1.165) is 30.7 Å². The number of nitrogens with zero attached hydrogens (tertiary/aromatic N) is 1. The molecule has 0 spiro atoms. The van der Waals surface area contributed by atoms with Gasteiger partial charge in [0.05, 0.1) is 5.01 Å². The second-order valence-corrected chi connectivity index (χ2v) is 5.43. The number of nitrogens with one attached hydrogen (secondary N) is 1. The number of rotatable bonds is 10. The van der Waals surface area contributed by atoms with Gasteiger partial charge in [-0.1, -0.05) is 12.8 Å². The van der Waals surface area contributed by atoms with Crippen molar-refractivity contribution in [1.29, 1.82) is 0 Å². The second kappa shape index (κ2) is 9.44. The smallest absolute Gasteiger partial charge is 0.355 e. The number of aromatic carboxylic acids is 1. The minimum Gasteiger partial charge on any atom is -0.476 e. The van der Waals surface area contributed by atoms with Gasteiger partial charge >= 0.3 is 5.97 Å². The number of unbranched alkanes of at least 4 members (excludes halogenated alkanes) is 3. The predicted molar refractivity (Wildman–Crippen MR) is 77.9 cm³/mol. The highest BCUT2D eigenvalue weighted by Crippen LogP contribution is 2.10. The van der Waals surface area contributed by atoms with Gasteiger partial charge in [-0.25, -0.2) is 9.78 Å². The highest BCUT2D eigenvalue weighted by atomic mass is 32.1. The van der Waals surface area contributed by atoms with Crippen LogP contribution < -0.4 is 11.1 Å². The highest BCUT2D eigenvalue weighted by Gasteiger charge is 2.08. The molecule has 20 heavy (non-hydrogen) atoms. The third kappa shape index (κ3) is 6.63. The van der Waals surface area contributed by atoms with Crippen molar-refractivity contribution in [3.8, 4) is 0 Å². The molecule has 1 amide bonds. The third-order valence-electron chi connectivity index (χ3n) is 2.79. The van der Waals surface area contributed by atoms with E-state index in [-0.39, 0.29) is 11.6 Å². The molecule has 1 aromatic heterocycles. The molecule has 0 radical (unpaired) electrons. The van der Waals surface area contributed by atoms with Gasteiger partial charge in [0.15, 0.2) is 5.69 Å². The zero-order chi connectivity index (χ0) is 14.8. The molecule has 1 heterocycles. The fraction of sp³-hybridized carbons (Fsp3) is 0.615. The molecule has 1 aromatic rings. The van der Waals surface area contributed by atoms with Crippen LogP contribution in [0.15, 0.2) is 5.38 Å². The summed E-state index contributed by atoms with van der Waals surface area (Å²) in [7, 11) is 0. The highest BCUT2D eigenvalue weighted by molar-refractivity contribution is 7.09. The summed E-state index contributed by atoms with van der Waals surface area (Å²) in [5.74, 6) is -0.984. The van der Waals surface area contributed by atoms with E-state index in [1.807, 2.05) is 0 Å². The van der Waals surface area contributed by atoms with Gasteiger partial charge < -0.3 is 16.2 Å². The van der Waals surface area contributed by atoms with Crippen molar-refractivity contribution >= 4 is 23.2 Å². The first kappa shape index (κ1) is 16.6. The van der Waals surface area contributed by atoms with Crippen molar-refractivity contribution in [2.24, 2.45) is 5.73 Å². The van der Waals surface area contributed by atoms with E-state index in [4.69, 9.17) is 10.8 Å². The number of carbonyl (C=O) groups is 2. The number of nitrogens with two attached hydrogens (primary N) is 1. The number of carboxylic acids is 1. The van der Waals surface area contributed by atoms with Gasteiger partial charge in [0, 0.05) is 24.8 Å². The lowest BCUT2D eigenvalue weighted by Crippen LogP contribution is -2.25. The van der Waals surface area contributed by atoms with Crippen molar-refractivity contribution in [2.45, 2.75) is 38.5 Å². The fourth-order valence-electron chi connectivity index (χ4n) is 1.70. The van der Waals surface area contributed by atoms with Crippen LogP contribution in [0.25, 0.3) is 0 Å². The maximum Gasteiger partial charge on any atom is 0.355 e. The zero-order valence-corrected chi connectivity index (χ0v) is 12.2. The molecule has 0 bridgehead atoms. The number of aromatic nitrogens is 1. The number of amides is 1. The molecular weight excluding hydrogens is 278 g/mol. The molecule has 0 unspecified atom stereocenters. The SMILES string of the molecule is NCCCCCCC(=O)NCCc1nc(C(=O)O)cs1. The average molecular weight is 299 g/mol. The maximum atomic E-state index is 11.5. The Hall–Kier alpha value is -1.47. The predicted octanol–water partition coefficient (Wildman–Crippen LogP) is 1.41. The van der Waals surface area contributed by atoms with Crippen molar-refractivity contribution in [1.82, 2.24) is 10.3 Å². The van der Waals surface area contributed by atoms with Crippen molar-refractivity contribution in [3.63, 3.8) is 0 Å². The van der Waals surface area contributed by atoms with Crippen molar-refractivity contribution in [2.75, 3.05) is 13.1 Å². The van der Waals surface area contributed by atoms with Gasteiger partial charge in [-0.05, 0) is 19.4 Å². The van der Waals surface area contributed by atoms with E-state index >= 15 is 0 Å². The minimum atomic E-state index is -1.02. The Morgan fingerprint density at radius 1 is 1.30 bits per heavy atom. The number of hydrogen-bond acceptors (Lipinski definition) is 5. The quantitative estimate of drug-likeness (QED) is 0.566. The molecule has 0 aliphatic carbocycles. The summed E-state index contributed by atoms with van der Waals surface area (Å²) in [6.45, 7) is 1.20. The van der Waals surface area contributed by atoms with Crippen LogP contribution in [-0.4, -0.2) is 35.1 Å². The Bertz CT molecular complexity index is 434. The second-order valence-electron chi connectivity index (χ2n) is 4.48. The lowest BCUT2D eigenvalue weighted by Gasteiger charge is -2.03. The van der Waals surface area contributed by atoms with Crippen LogP contribution in [-0.2, 0) is 11.2 Å². The van der Waals surface area contributed by atoms with E-state index in [2.05, 4.69) is 10.3 Å². The summed E-state index contributed by atoms with van der Waals surface area (Å²) in [6, 6.07) is 0. The summed E-state index contributed by atoms with van der Waals surface area (Å²) in [5.41, 5.74) is 5.46. The van der Waals surface area contributed by atoms with Gasteiger partial charge in [0.25, 0.3) is 0 Å². The van der Waals surface area contributed by atoms with E-state index < -0.39 is 5.97 Å². The van der Waals surface area contributed by atoms with Crippen LogP contribution in [0.5, 0.6) is 0 Å². The van der Waals surface area contributed by atoms with Crippen LogP contribution in [0.1, 0.15) is 47.6 Å². The van der Waals surface area contributed by atoms with Gasteiger partial charge in [-0.15, -0.1) is 11.3 Å². The molecule has 0 saturated carbocycles.